The molecular weight excluding hydrogens is 192 g/mol. The molecular formula is C12H16OS. The molecule has 0 heterocycles. The van der Waals surface area contributed by atoms with Crippen molar-refractivity contribution >= 4 is 12.6 Å². The van der Waals surface area contributed by atoms with Crippen molar-refractivity contribution in [3.63, 3.8) is 0 Å². The van der Waals surface area contributed by atoms with Crippen LogP contribution in [0.5, 0.6) is 5.75 Å². The van der Waals surface area contributed by atoms with Crippen LogP contribution in [0, 0.1) is 13.8 Å². The lowest BCUT2D eigenvalue weighted by Crippen LogP contribution is -2.02. The molecule has 14 heavy (non-hydrogen) atoms. The van der Waals surface area contributed by atoms with Crippen LogP contribution >= 0.6 is 12.6 Å². The van der Waals surface area contributed by atoms with Gasteiger partial charge in [0.25, 0.3) is 0 Å². The summed E-state index contributed by atoms with van der Waals surface area (Å²) in [5.41, 5.74) is 3.44. The number of hydrogen-bond donors (Lipinski definition) is 1. The van der Waals surface area contributed by atoms with Gasteiger partial charge in [-0.25, -0.2) is 0 Å². The number of ether oxygens (including phenoxy) is 1. The van der Waals surface area contributed by atoms with Crippen molar-refractivity contribution < 1.29 is 4.74 Å². The maximum absolute atomic E-state index is 5.62. The first kappa shape index (κ1) is 11.2. The minimum absolute atomic E-state index is 0.549. The summed E-state index contributed by atoms with van der Waals surface area (Å²) < 4.78 is 5.62. The van der Waals surface area contributed by atoms with Gasteiger partial charge in [-0.3, -0.25) is 0 Å². The van der Waals surface area contributed by atoms with Crippen LogP contribution in [-0.4, -0.2) is 12.4 Å². The fourth-order valence-electron chi connectivity index (χ4n) is 1.11. The molecule has 0 aromatic heterocycles. The van der Waals surface area contributed by atoms with Crippen molar-refractivity contribution in [1.82, 2.24) is 0 Å². The van der Waals surface area contributed by atoms with E-state index in [0.717, 1.165) is 11.3 Å². The van der Waals surface area contributed by atoms with Gasteiger partial charge in [0.05, 0.1) is 0 Å². The third-order valence-electron chi connectivity index (χ3n) is 2.21. The van der Waals surface area contributed by atoms with E-state index in [1.54, 1.807) is 0 Å². The Morgan fingerprint density at radius 3 is 2.79 bits per heavy atom. The number of benzene rings is 1. The highest BCUT2D eigenvalue weighted by Gasteiger charge is 2.01. The van der Waals surface area contributed by atoms with Crippen LogP contribution in [0.4, 0.5) is 0 Å². The number of thiol groups is 1. The van der Waals surface area contributed by atoms with Crippen LogP contribution < -0.4 is 4.74 Å². The van der Waals surface area contributed by atoms with Gasteiger partial charge >= 0.3 is 0 Å². The van der Waals surface area contributed by atoms with Crippen LogP contribution in [0.15, 0.2) is 30.4 Å². The second kappa shape index (κ2) is 5.11. The third kappa shape index (κ3) is 2.81. The minimum atomic E-state index is 0.549. The smallest absolute Gasteiger partial charge is 0.122 e. The maximum atomic E-state index is 5.62. The van der Waals surface area contributed by atoms with E-state index in [1.807, 2.05) is 12.1 Å². The molecule has 0 amide bonds. The van der Waals surface area contributed by atoms with Crippen molar-refractivity contribution in [3.05, 3.63) is 41.5 Å². The summed E-state index contributed by atoms with van der Waals surface area (Å²) in [7, 11) is 0. The molecule has 0 N–H and O–H groups in total. The Bertz CT molecular complexity index is 331. The largest absolute Gasteiger partial charge is 0.489 e. The standard InChI is InChI=1S/C12H16OS/c1-9(8-14)7-13-12-6-4-5-10(2)11(12)3/h4-6,14H,1,7-8H2,2-3H3. The molecule has 0 saturated heterocycles. The summed E-state index contributed by atoms with van der Waals surface area (Å²) in [5.74, 6) is 1.61. The van der Waals surface area contributed by atoms with Gasteiger partial charge in [0.15, 0.2) is 0 Å². The Morgan fingerprint density at radius 2 is 2.14 bits per heavy atom. The van der Waals surface area contributed by atoms with Crippen LogP contribution in [0.2, 0.25) is 0 Å². The predicted molar refractivity (Wildman–Crippen MR) is 64.4 cm³/mol. The Hall–Kier alpha value is -0.890. The maximum Gasteiger partial charge on any atom is 0.122 e. The SMILES string of the molecule is C=C(CS)COc1cccc(C)c1C. The van der Waals surface area contributed by atoms with E-state index in [1.165, 1.54) is 11.1 Å². The molecule has 0 aliphatic carbocycles. The first-order chi connectivity index (χ1) is 6.65. The van der Waals surface area contributed by atoms with Crippen molar-refractivity contribution in [2.75, 3.05) is 12.4 Å². The van der Waals surface area contributed by atoms with Crippen LogP contribution in [-0.2, 0) is 0 Å². The quantitative estimate of drug-likeness (QED) is 0.590. The molecule has 76 valence electrons. The molecule has 1 rings (SSSR count). The van der Waals surface area contributed by atoms with Gasteiger partial charge in [-0.05, 0) is 36.6 Å². The summed E-state index contributed by atoms with van der Waals surface area (Å²) in [6.45, 7) is 8.53. The van der Waals surface area contributed by atoms with Crippen LogP contribution in [0.3, 0.4) is 0 Å². The molecule has 2 heteroatoms. The molecule has 0 bridgehead atoms. The van der Waals surface area contributed by atoms with E-state index in [0.29, 0.717) is 12.4 Å². The zero-order valence-electron chi connectivity index (χ0n) is 8.71. The summed E-state index contributed by atoms with van der Waals surface area (Å²) in [6, 6.07) is 6.06. The van der Waals surface area contributed by atoms with E-state index in [9.17, 15) is 0 Å². The fourth-order valence-corrected chi connectivity index (χ4v) is 1.20. The predicted octanol–water partition coefficient (Wildman–Crippen LogP) is 3.17. The Labute approximate surface area is 91.2 Å². The van der Waals surface area contributed by atoms with Gasteiger partial charge in [0.1, 0.15) is 12.4 Å². The van der Waals surface area contributed by atoms with E-state index in [-0.39, 0.29) is 0 Å². The van der Waals surface area contributed by atoms with Gasteiger partial charge in [0, 0.05) is 5.75 Å². The van der Waals surface area contributed by atoms with E-state index in [2.05, 4.69) is 39.1 Å². The molecule has 0 saturated carbocycles. The normalized spacial score (nSPS) is 9.93. The molecule has 1 aromatic rings. The lowest BCUT2D eigenvalue weighted by molar-refractivity contribution is 0.350. The summed E-state index contributed by atoms with van der Waals surface area (Å²) >= 11 is 4.13. The second-order valence-corrected chi connectivity index (χ2v) is 3.71. The highest BCUT2D eigenvalue weighted by molar-refractivity contribution is 7.80. The van der Waals surface area contributed by atoms with E-state index >= 15 is 0 Å². The van der Waals surface area contributed by atoms with Crippen molar-refractivity contribution in [2.24, 2.45) is 0 Å². The topological polar surface area (TPSA) is 9.23 Å². The lowest BCUT2D eigenvalue weighted by Gasteiger charge is -2.11. The number of aryl methyl sites for hydroxylation is 1. The monoisotopic (exact) mass is 208 g/mol. The Balaban J connectivity index is 2.68. The molecule has 0 aliphatic rings. The second-order valence-electron chi connectivity index (χ2n) is 3.39. The van der Waals surface area contributed by atoms with Gasteiger partial charge in [-0.1, -0.05) is 18.7 Å². The molecule has 0 radical (unpaired) electrons. The molecule has 0 atom stereocenters. The zero-order valence-corrected chi connectivity index (χ0v) is 9.60. The highest BCUT2D eigenvalue weighted by atomic mass is 32.1. The van der Waals surface area contributed by atoms with Crippen LogP contribution in [0.1, 0.15) is 11.1 Å². The summed E-state index contributed by atoms with van der Waals surface area (Å²) in [5, 5.41) is 0. The Kier molecular flexibility index (Phi) is 4.08. The van der Waals surface area contributed by atoms with Crippen molar-refractivity contribution in [1.29, 1.82) is 0 Å². The zero-order chi connectivity index (χ0) is 10.6. The Morgan fingerprint density at radius 1 is 1.43 bits per heavy atom. The van der Waals surface area contributed by atoms with Gasteiger partial charge < -0.3 is 4.74 Å². The molecule has 1 aromatic carbocycles. The van der Waals surface area contributed by atoms with Gasteiger partial charge in [-0.15, -0.1) is 0 Å². The first-order valence-electron chi connectivity index (χ1n) is 4.61. The van der Waals surface area contributed by atoms with E-state index < -0.39 is 0 Å². The summed E-state index contributed by atoms with van der Waals surface area (Å²) in [6.07, 6.45) is 0. The molecule has 0 spiro atoms. The molecule has 0 unspecified atom stereocenters. The van der Waals surface area contributed by atoms with Crippen LogP contribution in [0.25, 0.3) is 0 Å². The molecule has 0 aliphatic heterocycles. The number of hydrogen-bond acceptors (Lipinski definition) is 2. The highest BCUT2D eigenvalue weighted by Crippen LogP contribution is 2.20. The van der Waals surface area contributed by atoms with Gasteiger partial charge in [0.2, 0.25) is 0 Å². The summed E-state index contributed by atoms with van der Waals surface area (Å²) in [4.78, 5) is 0. The number of rotatable bonds is 4. The minimum Gasteiger partial charge on any atom is -0.489 e. The van der Waals surface area contributed by atoms with Crippen molar-refractivity contribution in [2.45, 2.75) is 13.8 Å². The van der Waals surface area contributed by atoms with E-state index in [4.69, 9.17) is 4.74 Å². The van der Waals surface area contributed by atoms with Gasteiger partial charge in [-0.2, -0.15) is 12.6 Å². The molecule has 1 nitrogen and oxygen atoms in total. The van der Waals surface area contributed by atoms with Crippen molar-refractivity contribution in [3.8, 4) is 5.75 Å². The molecule has 0 fully saturated rings. The average molecular weight is 208 g/mol. The third-order valence-corrected chi connectivity index (χ3v) is 2.66. The lowest BCUT2D eigenvalue weighted by atomic mass is 10.1. The average Bonchev–Trinajstić information content (AvgIpc) is 2.20. The fraction of sp³-hybridized carbons (Fsp3) is 0.333. The first-order valence-corrected chi connectivity index (χ1v) is 5.25.